The van der Waals surface area contributed by atoms with E-state index in [4.69, 9.17) is 0 Å². The number of nitrogens with zero attached hydrogens (tertiary/aromatic N) is 3. The molecule has 1 heterocycles. The molecule has 1 N–H and O–H groups in total. The van der Waals surface area contributed by atoms with Gasteiger partial charge in [0, 0.05) is 4.47 Å². The zero-order chi connectivity index (χ0) is 15.0. The number of carbonyl (C=O) groups is 1. The summed E-state index contributed by atoms with van der Waals surface area (Å²) in [5, 5.41) is 17.5. The van der Waals surface area contributed by atoms with Gasteiger partial charge in [-0.3, -0.25) is 0 Å². The van der Waals surface area contributed by atoms with Crippen LogP contribution >= 0.6 is 15.9 Å². The van der Waals surface area contributed by atoms with Gasteiger partial charge in [0.2, 0.25) is 0 Å². The fourth-order valence-corrected chi connectivity index (χ4v) is 2.58. The van der Waals surface area contributed by atoms with Gasteiger partial charge in [0.1, 0.15) is 11.0 Å². The number of hydrogen-bond acceptors (Lipinski definition) is 3. The third-order valence-electron chi connectivity index (χ3n) is 3.44. The molecule has 0 amide bonds. The summed E-state index contributed by atoms with van der Waals surface area (Å²) >= 11 is 3.40. The molecular weight excluding hydrogens is 334 g/mol. The molecule has 3 rings (SSSR count). The molecule has 1 aromatic heterocycles. The van der Waals surface area contributed by atoms with E-state index in [1.807, 2.05) is 31.2 Å². The van der Waals surface area contributed by atoms with Crippen molar-refractivity contribution in [2.45, 2.75) is 13.0 Å². The van der Waals surface area contributed by atoms with Gasteiger partial charge in [-0.05, 0) is 36.8 Å². The number of carboxylic acids is 1. The van der Waals surface area contributed by atoms with Crippen LogP contribution in [0, 0.1) is 0 Å². The second-order valence-corrected chi connectivity index (χ2v) is 5.66. The van der Waals surface area contributed by atoms with Crippen molar-refractivity contribution in [2.24, 2.45) is 0 Å². The maximum atomic E-state index is 11.4. The van der Waals surface area contributed by atoms with Crippen molar-refractivity contribution in [3.05, 3.63) is 58.1 Å². The molecule has 21 heavy (non-hydrogen) atoms. The van der Waals surface area contributed by atoms with Gasteiger partial charge in [-0.15, -0.1) is 5.10 Å². The lowest BCUT2D eigenvalue weighted by molar-refractivity contribution is 0.0698. The van der Waals surface area contributed by atoms with Crippen LogP contribution in [0.5, 0.6) is 0 Å². The van der Waals surface area contributed by atoms with Crippen molar-refractivity contribution in [3.8, 4) is 0 Å². The number of carboxylic acid groups (broad SMARTS) is 1. The van der Waals surface area contributed by atoms with Crippen LogP contribution < -0.4 is 0 Å². The van der Waals surface area contributed by atoms with Crippen molar-refractivity contribution in [2.75, 3.05) is 0 Å². The molecule has 106 valence electrons. The number of aromatic carboxylic acids is 1. The van der Waals surface area contributed by atoms with Crippen LogP contribution in [0.1, 0.15) is 28.9 Å². The number of fused-ring (bicyclic) bond motifs is 1. The summed E-state index contributed by atoms with van der Waals surface area (Å²) in [5.74, 6) is -0.979. The average Bonchev–Trinajstić information content (AvgIpc) is 2.91. The smallest absolute Gasteiger partial charge is 0.337 e. The van der Waals surface area contributed by atoms with Gasteiger partial charge >= 0.3 is 5.97 Å². The van der Waals surface area contributed by atoms with Crippen molar-refractivity contribution in [1.29, 1.82) is 0 Å². The van der Waals surface area contributed by atoms with Crippen LogP contribution in [0.15, 0.2) is 46.9 Å². The molecule has 0 saturated carbocycles. The number of halogens is 1. The molecule has 0 aliphatic rings. The third-order valence-corrected chi connectivity index (χ3v) is 3.97. The minimum Gasteiger partial charge on any atom is -0.478 e. The van der Waals surface area contributed by atoms with Gasteiger partial charge in [-0.2, -0.15) is 0 Å². The molecular formula is C15H12BrN3O2. The highest BCUT2D eigenvalue weighted by Gasteiger charge is 2.18. The largest absolute Gasteiger partial charge is 0.478 e. The summed E-state index contributed by atoms with van der Waals surface area (Å²) in [6, 6.07) is 12.8. The Morgan fingerprint density at radius 1 is 1.24 bits per heavy atom. The van der Waals surface area contributed by atoms with Gasteiger partial charge in [-0.25, -0.2) is 9.48 Å². The first-order chi connectivity index (χ1) is 10.1. The SMILES string of the molecule is CC(c1ccc(Br)cc1)n1nnc2cccc(C(=O)O)c21. The minimum absolute atomic E-state index is 0.108. The first-order valence-electron chi connectivity index (χ1n) is 6.40. The van der Waals surface area contributed by atoms with Crippen LogP contribution in [-0.4, -0.2) is 26.1 Å². The normalized spacial score (nSPS) is 12.5. The van der Waals surface area contributed by atoms with E-state index in [0.717, 1.165) is 10.0 Å². The average molecular weight is 346 g/mol. The van der Waals surface area contributed by atoms with E-state index in [9.17, 15) is 9.90 Å². The first kappa shape index (κ1) is 13.8. The number of benzene rings is 2. The van der Waals surface area contributed by atoms with E-state index in [1.165, 1.54) is 0 Å². The van der Waals surface area contributed by atoms with Crippen molar-refractivity contribution in [3.63, 3.8) is 0 Å². The molecule has 0 fully saturated rings. The minimum atomic E-state index is -0.979. The Bertz CT molecular complexity index is 811. The van der Waals surface area contributed by atoms with E-state index in [-0.39, 0.29) is 11.6 Å². The van der Waals surface area contributed by atoms with E-state index in [1.54, 1.807) is 22.9 Å². The standard InChI is InChI=1S/C15H12BrN3O2/c1-9(10-5-7-11(16)8-6-10)19-14-12(15(20)21)3-2-4-13(14)17-18-19/h2-9H,1H3,(H,20,21). The van der Waals surface area contributed by atoms with Gasteiger partial charge in [0.15, 0.2) is 0 Å². The Hall–Kier alpha value is -2.21. The second kappa shape index (κ2) is 5.29. The fraction of sp³-hybridized carbons (Fsp3) is 0.133. The highest BCUT2D eigenvalue weighted by molar-refractivity contribution is 9.10. The Balaban J connectivity index is 2.16. The summed E-state index contributed by atoms with van der Waals surface area (Å²) in [7, 11) is 0. The molecule has 0 spiro atoms. The molecule has 5 nitrogen and oxygen atoms in total. The Labute approximate surface area is 129 Å². The van der Waals surface area contributed by atoms with Gasteiger partial charge in [-0.1, -0.05) is 39.3 Å². The molecule has 1 atom stereocenters. The molecule has 6 heteroatoms. The van der Waals surface area contributed by atoms with E-state index in [0.29, 0.717) is 11.0 Å². The van der Waals surface area contributed by atoms with E-state index in [2.05, 4.69) is 26.2 Å². The molecule has 0 aliphatic heterocycles. The number of rotatable bonds is 3. The quantitative estimate of drug-likeness (QED) is 0.788. The summed E-state index contributed by atoms with van der Waals surface area (Å²) in [4.78, 5) is 11.4. The van der Waals surface area contributed by atoms with Gasteiger partial charge in [0.05, 0.1) is 11.6 Å². The lowest BCUT2D eigenvalue weighted by Crippen LogP contribution is -2.11. The van der Waals surface area contributed by atoms with Gasteiger partial charge < -0.3 is 5.11 Å². The molecule has 0 aliphatic carbocycles. The Kier molecular flexibility index (Phi) is 3.47. The highest BCUT2D eigenvalue weighted by Crippen LogP contribution is 2.25. The Morgan fingerprint density at radius 2 is 1.95 bits per heavy atom. The van der Waals surface area contributed by atoms with Crippen molar-refractivity contribution < 1.29 is 9.90 Å². The summed E-state index contributed by atoms with van der Waals surface area (Å²) < 4.78 is 2.65. The van der Waals surface area contributed by atoms with Gasteiger partial charge in [0.25, 0.3) is 0 Å². The van der Waals surface area contributed by atoms with Crippen LogP contribution in [0.4, 0.5) is 0 Å². The molecule has 3 aromatic rings. The number of aromatic nitrogens is 3. The number of hydrogen-bond donors (Lipinski definition) is 1. The van der Waals surface area contributed by atoms with Crippen LogP contribution in [0.2, 0.25) is 0 Å². The highest BCUT2D eigenvalue weighted by atomic mass is 79.9. The van der Waals surface area contributed by atoms with E-state index >= 15 is 0 Å². The molecule has 0 radical (unpaired) electrons. The molecule has 1 unspecified atom stereocenters. The predicted molar refractivity (Wildman–Crippen MR) is 82.4 cm³/mol. The maximum Gasteiger partial charge on any atom is 0.337 e. The topological polar surface area (TPSA) is 68.0 Å². The molecule has 0 saturated heterocycles. The maximum absolute atomic E-state index is 11.4. The van der Waals surface area contributed by atoms with Crippen molar-refractivity contribution in [1.82, 2.24) is 15.0 Å². The summed E-state index contributed by atoms with van der Waals surface area (Å²) in [6.45, 7) is 1.97. The lowest BCUT2D eigenvalue weighted by Gasteiger charge is -2.14. The second-order valence-electron chi connectivity index (χ2n) is 4.74. The first-order valence-corrected chi connectivity index (χ1v) is 7.20. The van der Waals surface area contributed by atoms with Crippen LogP contribution in [0.25, 0.3) is 11.0 Å². The Morgan fingerprint density at radius 3 is 2.62 bits per heavy atom. The third kappa shape index (κ3) is 2.42. The summed E-state index contributed by atoms with van der Waals surface area (Å²) in [5.41, 5.74) is 2.37. The predicted octanol–water partition coefficient (Wildman–Crippen LogP) is 3.50. The summed E-state index contributed by atoms with van der Waals surface area (Å²) in [6.07, 6.45) is 0. The van der Waals surface area contributed by atoms with Crippen molar-refractivity contribution >= 4 is 32.9 Å². The lowest BCUT2D eigenvalue weighted by atomic mass is 10.1. The molecule has 0 bridgehead atoms. The molecule has 2 aromatic carbocycles. The monoisotopic (exact) mass is 345 g/mol. The zero-order valence-corrected chi connectivity index (χ0v) is 12.8. The zero-order valence-electron chi connectivity index (χ0n) is 11.2. The van der Waals surface area contributed by atoms with Crippen LogP contribution in [0.3, 0.4) is 0 Å². The van der Waals surface area contributed by atoms with Crippen LogP contribution in [-0.2, 0) is 0 Å². The fourth-order valence-electron chi connectivity index (χ4n) is 2.32. The van der Waals surface area contributed by atoms with E-state index < -0.39 is 5.97 Å². The number of para-hydroxylation sites is 1.